The molecule has 2 N–H and O–H groups in total. The van der Waals surface area contributed by atoms with Crippen molar-refractivity contribution in [3.63, 3.8) is 0 Å². The lowest BCUT2D eigenvalue weighted by atomic mass is 10.1. The normalized spacial score (nSPS) is 10.4. The number of nitrogens with one attached hydrogen (secondary N) is 2. The molecule has 3 nitrogen and oxygen atoms in total. The Morgan fingerprint density at radius 3 is 2.20 bits per heavy atom. The van der Waals surface area contributed by atoms with Crippen molar-refractivity contribution in [3.8, 4) is 0 Å². The van der Waals surface area contributed by atoms with E-state index in [-0.39, 0.29) is 11.6 Å². The molecule has 1 aromatic carbocycles. The van der Waals surface area contributed by atoms with E-state index in [0.717, 1.165) is 17.2 Å². The number of nitrogens with zero attached hydrogens (tertiary/aromatic N) is 1. The number of hydrogen-bond donors (Lipinski definition) is 2. The van der Waals surface area contributed by atoms with E-state index in [0.29, 0.717) is 13.1 Å². The minimum absolute atomic E-state index is 0.0444. The second kappa shape index (κ2) is 6.32. The Morgan fingerprint density at radius 1 is 1.00 bits per heavy atom. The Labute approximate surface area is 117 Å². The standard InChI is InChI=1S/C15H17F2N3/c1-3-18-14-12(16)8-13(17)15(20-14)19-9-11-6-4-10(2)5-7-11/h4-8H,3,9H2,1-2H3,(H2,18,19,20). The second-order valence-corrected chi connectivity index (χ2v) is 4.52. The number of aromatic nitrogens is 1. The Bertz CT molecular complexity index is 582. The van der Waals surface area contributed by atoms with Crippen molar-refractivity contribution < 1.29 is 8.78 Å². The van der Waals surface area contributed by atoms with Crippen LogP contribution in [0.1, 0.15) is 18.1 Å². The first-order chi connectivity index (χ1) is 9.60. The number of halogens is 2. The van der Waals surface area contributed by atoms with Gasteiger partial charge in [-0.05, 0) is 19.4 Å². The highest BCUT2D eigenvalue weighted by molar-refractivity contribution is 5.47. The molecule has 20 heavy (non-hydrogen) atoms. The first-order valence-corrected chi connectivity index (χ1v) is 6.49. The second-order valence-electron chi connectivity index (χ2n) is 4.52. The Hall–Kier alpha value is -2.17. The zero-order valence-electron chi connectivity index (χ0n) is 11.5. The van der Waals surface area contributed by atoms with Gasteiger partial charge in [0.05, 0.1) is 0 Å². The van der Waals surface area contributed by atoms with Crippen LogP contribution in [0.3, 0.4) is 0 Å². The number of anilines is 2. The van der Waals surface area contributed by atoms with Crippen LogP contribution in [0.15, 0.2) is 30.3 Å². The summed E-state index contributed by atoms with van der Waals surface area (Å²) in [6, 6.07) is 8.71. The topological polar surface area (TPSA) is 37.0 Å². The molecule has 106 valence electrons. The molecule has 0 aliphatic heterocycles. The fourth-order valence-corrected chi connectivity index (χ4v) is 1.77. The van der Waals surface area contributed by atoms with Crippen molar-refractivity contribution in [2.24, 2.45) is 0 Å². The van der Waals surface area contributed by atoms with Crippen molar-refractivity contribution in [2.75, 3.05) is 17.2 Å². The smallest absolute Gasteiger partial charge is 0.168 e. The van der Waals surface area contributed by atoms with Crippen molar-refractivity contribution in [1.29, 1.82) is 0 Å². The first kappa shape index (κ1) is 14.2. The lowest BCUT2D eigenvalue weighted by Gasteiger charge is -2.10. The van der Waals surface area contributed by atoms with Crippen molar-refractivity contribution in [1.82, 2.24) is 4.98 Å². The van der Waals surface area contributed by atoms with Gasteiger partial charge in [0.15, 0.2) is 23.3 Å². The van der Waals surface area contributed by atoms with Gasteiger partial charge in [0.2, 0.25) is 0 Å². The minimum atomic E-state index is -0.698. The van der Waals surface area contributed by atoms with E-state index >= 15 is 0 Å². The van der Waals surface area contributed by atoms with Crippen LogP contribution in [0.5, 0.6) is 0 Å². The number of hydrogen-bond acceptors (Lipinski definition) is 3. The van der Waals surface area contributed by atoms with Crippen LogP contribution in [-0.4, -0.2) is 11.5 Å². The molecule has 0 saturated heterocycles. The fourth-order valence-electron chi connectivity index (χ4n) is 1.77. The third kappa shape index (κ3) is 3.44. The van der Waals surface area contributed by atoms with Gasteiger partial charge in [-0.25, -0.2) is 13.8 Å². The van der Waals surface area contributed by atoms with Crippen LogP contribution < -0.4 is 10.6 Å². The van der Waals surface area contributed by atoms with Gasteiger partial charge in [0.1, 0.15) is 0 Å². The molecule has 2 rings (SSSR count). The van der Waals surface area contributed by atoms with E-state index in [1.807, 2.05) is 38.1 Å². The summed E-state index contributed by atoms with van der Waals surface area (Å²) in [5.41, 5.74) is 2.17. The van der Waals surface area contributed by atoms with Crippen LogP contribution in [0.25, 0.3) is 0 Å². The zero-order chi connectivity index (χ0) is 14.5. The van der Waals surface area contributed by atoms with Crippen molar-refractivity contribution >= 4 is 11.6 Å². The van der Waals surface area contributed by atoms with E-state index < -0.39 is 11.6 Å². The average Bonchev–Trinajstić information content (AvgIpc) is 2.42. The molecule has 0 unspecified atom stereocenters. The number of pyridine rings is 1. The molecule has 0 radical (unpaired) electrons. The lowest BCUT2D eigenvalue weighted by Crippen LogP contribution is -2.08. The van der Waals surface area contributed by atoms with E-state index in [4.69, 9.17) is 0 Å². The maximum absolute atomic E-state index is 13.6. The first-order valence-electron chi connectivity index (χ1n) is 6.49. The highest BCUT2D eigenvalue weighted by Crippen LogP contribution is 2.19. The molecule has 0 saturated carbocycles. The summed E-state index contributed by atoms with van der Waals surface area (Å²) < 4.78 is 27.1. The largest absolute Gasteiger partial charge is 0.368 e. The maximum Gasteiger partial charge on any atom is 0.168 e. The number of rotatable bonds is 5. The van der Waals surface area contributed by atoms with Gasteiger partial charge >= 0.3 is 0 Å². The summed E-state index contributed by atoms with van der Waals surface area (Å²) in [6.07, 6.45) is 0. The van der Waals surface area contributed by atoms with Gasteiger partial charge in [-0.2, -0.15) is 0 Å². The molecule has 0 aliphatic rings. The summed E-state index contributed by atoms with van der Waals surface area (Å²) >= 11 is 0. The van der Waals surface area contributed by atoms with E-state index in [9.17, 15) is 8.78 Å². The summed E-state index contributed by atoms with van der Waals surface area (Å²) in [4.78, 5) is 3.92. The molecule has 0 amide bonds. The summed E-state index contributed by atoms with van der Waals surface area (Å²) in [5.74, 6) is -1.29. The van der Waals surface area contributed by atoms with Crippen LogP contribution in [-0.2, 0) is 6.54 Å². The molecule has 0 atom stereocenters. The minimum Gasteiger partial charge on any atom is -0.368 e. The third-order valence-electron chi connectivity index (χ3n) is 2.85. The lowest BCUT2D eigenvalue weighted by molar-refractivity contribution is 0.578. The van der Waals surface area contributed by atoms with E-state index in [1.165, 1.54) is 0 Å². The highest BCUT2D eigenvalue weighted by atomic mass is 19.1. The summed E-state index contributed by atoms with van der Waals surface area (Å²) in [6.45, 7) is 4.78. The third-order valence-corrected chi connectivity index (χ3v) is 2.85. The quantitative estimate of drug-likeness (QED) is 0.874. The predicted octanol–water partition coefficient (Wildman–Crippen LogP) is 3.71. The molecule has 0 spiro atoms. The summed E-state index contributed by atoms with van der Waals surface area (Å²) in [7, 11) is 0. The highest BCUT2D eigenvalue weighted by Gasteiger charge is 2.11. The summed E-state index contributed by atoms with van der Waals surface area (Å²) in [5, 5.41) is 5.64. The van der Waals surface area contributed by atoms with Crippen LogP contribution >= 0.6 is 0 Å². The van der Waals surface area contributed by atoms with E-state index in [1.54, 1.807) is 0 Å². The predicted molar refractivity (Wildman–Crippen MR) is 76.8 cm³/mol. The number of benzene rings is 1. The molecular formula is C15H17F2N3. The Balaban J connectivity index is 2.12. The van der Waals surface area contributed by atoms with E-state index in [2.05, 4.69) is 15.6 Å². The van der Waals surface area contributed by atoms with Crippen molar-refractivity contribution in [2.45, 2.75) is 20.4 Å². The van der Waals surface area contributed by atoms with Gasteiger partial charge in [-0.3, -0.25) is 0 Å². The van der Waals surface area contributed by atoms with Crippen LogP contribution in [0.4, 0.5) is 20.4 Å². The van der Waals surface area contributed by atoms with Crippen molar-refractivity contribution in [3.05, 3.63) is 53.1 Å². The number of aryl methyl sites for hydroxylation is 1. The molecule has 0 bridgehead atoms. The van der Waals surface area contributed by atoms with Gasteiger partial charge in [0.25, 0.3) is 0 Å². The maximum atomic E-state index is 13.6. The van der Waals surface area contributed by atoms with Gasteiger partial charge < -0.3 is 10.6 Å². The molecule has 1 heterocycles. The monoisotopic (exact) mass is 277 g/mol. The van der Waals surface area contributed by atoms with Gasteiger partial charge in [-0.15, -0.1) is 0 Å². The molecule has 0 aliphatic carbocycles. The molecule has 5 heteroatoms. The van der Waals surface area contributed by atoms with Crippen LogP contribution in [0, 0.1) is 18.6 Å². The Kier molecular flexibility index (Phi) is 4.50. The molecular weight excluding hydrogens is 260 g/mol. The van der Waals surface area contributed by atoms with Gasteiger partial charge in [0, 0.05) is 19.2 Å². The molecule has 1 aromatic heterocycles. The zero-order valence-corrected chi connectivity index (χ0v) is 11.5. The fraction of sp³-hybridized carbons (Fsp3) is 0.267. The Morgan fingerprint density at radius 2 is 1.60 bits per heavy atom. The molecule has 0 fully saturated rings. The SMILES string of the molecule is CCNc1nc(NCc2ccc(C)cc2)c(F)cc1F. The van der Waals surface area contributed by atoms with Gasteiger partial charge in [-0.1, -0.05) is 29.8 Å². The average molecular weight is 277 g/mol. The molecule has 2 aromatic rings. The van der Waals surface area contributed by atoms with Crippen LogP contribution in [0.2, 0.25) is 0 Å².